The highest BCUT2D eigenvalue weighted by atomic mass is 32.1. The molecule has 1 atom stereocenters. The van der Waals surface area contributed by atoms with Gasteiger partial charge in [0, 0.05) is 19.1 Å². The maximum atomic E-state index is 9.88. The fourth-order valence-corrected chi connectivity index (χ4v) is 2.61. The number of aliphatic hydroxyl groups is 1. The molecule has 1 unspecified atom stereocenters. The van der Waals surface area contributed by atoms with Crippen molar-refractivity contribution in [3.63, 3.8) is 0 Å². The summed E-state index contributed by atoms with van der Waals surface area (Å²) in [6.45, 7) is 7.87. The molecule has 0 amide bonds. The Morgan fingerprint density at radius 1 is 1.56 bits per heavy atom. The summed E-state index contributed by atoms with van der Waals surface area (Å²) in [7, 11) is 0. The Hall–Kier alpha value is -0.420. The third-order valence-electron chi connectivity index (χ3n) is 2.59. The first-order chi connectivity index (χ1) is 7.48. The second-order valence-electron chi connectivity index (χ2n) is 4.68. The van der Waals surface area contributed by atoms with Crippen molar-refractivity contribution in [2.45, 2.75) is 32.4 Å². The van der Waals surface area contributed by atoms with Crippen LogP contribution < -0.4 is 5.73 Å². The van der Waals surface area contributed by atoms with Gasteiger partial charge in [-0.25, -0.2) is 0 Å². The van der Waals surface area contributed by atoms with Crippen molar-refractivity contribution in [1.82, 2.24) is 4.90 Å². The molecule has 16 heavy (non-hydrogen) atoms. The smallest absolute Gasteiger partial charge is 0.0718 e. The third-order valence-corrected chi connectivity index (χ3v) is 3.29. The summed E-state index contributed by atoms with van der Waals surface area (Å²) >= 11 is 1.68. The lowest BCUT2D eigenvalue weighted by Crippen LogP contribution is -2.42. The number of hydrogen-bond acceptors (Lipinski definition) is 4. The molecule has 1 aromatic rings. The molecule has 1 aromatic heterocycles. The van der Waals surface area contributed by atoms with E-state index in [1.807, 2.05) is 13.8 Å². The number of likely N-dealkylation sites (N-methyl/N-ethyl adjacent to an activating group) is 1. The number of nitrogens with zero attached hydrogens (tertiary/aromatic N) is 1. The lowest BCUT2D eigenvalue weighted by Gasteiger charge is -2.34. The average Bonchev–Trinajstić information content (AvgIpc) is 2.68. The van der Waals surface area contributed by atoms with Crippen molar-refractivity contribution in [3.8, 4) is 0 Å². The van der Waals surface area contributed by atoms with Crippen molar-refractivity contribution in [2.75, 3.05) is 19.6 Å². The second-order valence-corrected chi connectivity index (χ2v) is 5.46. The van der Waals surface area contributed by atoms with Crippen LogP contribution in [0.25, 0.3) is 0 Å². The Morgan fingerprint density at radius 3 is 2.62 bits per heavy atom. The van der Waals surface area contributed by atoms with E-state index in [1.54, 1.807) is 11.3 Å². The highest BCUT2D eigenvalue weighted by Gasteiger charge is 2.24. The Balaban J connectivity index is 2.77. The summed E-state index contributed by atoms with van der Waals surface area (Å²) in [5, 5.41) is 14.1. The number of rotatable bonds is 6. The zero-order chi connectivity index (χ0) is 12.2. The highest BCUT2D eigenvalue weighted by Crippen LogP contribution is 2.23. The molecule has 0 aromatic carbocycles. The van der Waals surface area contributed by atoms with Crippen LogP contribution >= 0.6 is 11.3 Å². The number of thiophene rings is 1. The van der Waals surface area contributed by atoms with Crippen molar-refractivity contribution < 1.29 is 5.11 Å². The van der Waals surface area contributed by atoms with Crippen molar-refractivity contribution in [3.05, 3.63) is 22.4 Å². The van der Waals surface area contributed by atoms with Gasteiger partial charge < -0.3 is 10.8 Å². The summed E-state index contributed by atoms with van der Waals surface area (Å²) in [6.07, 6.45) is 0. The first-order valence-corrected chi connectivity index (χ1v) is 6.60. The molecule has 92 valence electrons. The quantitative estimate of drug-likeness (QED) is 0.800. The molecule has 0 aliphatic rings. The largest absolute Gasteiger partial charge is 0.389 e. The number of nitrogens with two attached hydrogens (primary N) is 1. The van der Waals surface area contributed by atoms with Crippen LogP contribution in [0.1, 0.15) is 32.4 Å². The van der Waals surface area contributed by atoms with Crippen LogP contribution in [-0.4, -0.2) is 35.2 Å². The molecule has 0 spiro atoms. The predicted molar refractivity (Wildman–Crippen MR) is 69.7 cm³/mol. The second kappa shape index (κ2) is 5.77. The van der Waals surface area contributed by atoms with Crippen LogP contribution in [0.3, 0.4) is 0 Å². The number of hydrogen-bond donors (Lipinski definition) is 2. The molecule has 0 saturated heterocycles. The van der Waals surface area contributed by atoms with Crippen LogP contribution in [0, 0.1) is 0 Å². The maximum absolute atomic E-state index is 9.88. The summed E-state index contributed by atoms with van der Waals surface area (Å²) in [4.78, 5) is 2.22. The van der Waals surface area contributed by atoms with Crippen molar-refractivity contribution in [1.29, 1.82) is 0 Å². The zero-order valence-corrected chi connectivity index (χ0v) is 11.1. The van der Waals surface area contributed by atoms with Crippen molar-refractivity contribution >= 4 is 11.3 Å². The molecule has 0 aliphatic carbocycles. The van der Waals surface area contributed by atoms with Gasteiger partial charge in [0.1, 0.15) is 0 Å². The van der Waals surface area contributed by atoms with E-state index in [4.69, 9.17) is 5.73 Å². The van der Waals surface area contributed by atoms with E-state index in [2.05, 4.69) is 28.7 Å². The van der Waals surface area contributed by atoms with Gasteiger partial charge in [0.15, 0.2) is 0 Å². The van der Waals surface area contributed by atoms with E-state index in [9.17, 15) is 5.11 Å². The van der Waals surface area contributed by atoms with E-state index >= 15 is 0 Å². The van der Waals surface area contributed by atoms with Crippen LogP contribution in [0.15, 0.2) is 16.8 Å². The van der Waals surface area contributed by atoms with Crippen molar-refractivity contribution in [2.24, 2.45) is 5.73 Å². The lowest BCUT2D eigenvalue weighted by molar-refractivity contribution is 0.0235. The first-order valence-electron chi connectivity index (χ1n) is 5.66. The molecule has 3 N–H and O–H groups in total. The van der Waals surface area contributed by atoms with Crippen LogP contribution in [-0.2, 0) is 0 Å². The van der Waals surface area contributed by atoms with E-state index in [1.165, 1.54) is 5.56 Å². The topological polar surface area (TPSA) is 49.5 Å². The van der Waals surface area contributed by atoms with Crippen LogP contribution in [0.2, 0.25) is 0 Å². The van der Waals surface area contributed by atoms with E-state index in [-0.39, 0.29) is 6.04 Å². The minimum absolute atomic E-state index is 0.211. The van der Waals surface area contributed by atoms with Gasteiger partial charge in [0.25, 0.3) is 0 Å². The van der Waals surface area contributed by atoms with E-state index < -0.39 is 5.60 Å². The molecule has 3 nitrogen and oxygen atoms in total. The molecular formula is C12H22N2OS. The fourth-order valence-electron chi connectivity index (χ4n) is 1.90. The van der Waals surface area contributed by atoms with Gasteiger partial charge in [-0.15, -0.1) is 0 Å². The Morgan fingerprint density at radius 2 is 2.25 bits per heavy atom. The molecular weight excluding hydrogens is 220 g/mol. The first kappa shape index (κ1) is 13.6. The zero-order valence-electron chi connectivity index (χ0n) is 10.3. The van der Waals surface area contributed by atoms with Gasteiger partial charge in [0.05, 0.1) is 5.60 Å². The summed E-state index contributed by atoms with van der Waals surface area (Å²) < 4.78 is 0. The molecule has 4 heteroatoms. The van der Waals surface area contributed by atoms with Crippen LogP contribution in [0.5, 0.6) is 0 Å². The minimum atomic E-state index is -0.681. The monoisotopic (exact) mass is 242 g/mol. The normalized spacial score (nSPS) is 14.4. The predicted octanol–water partition coefficient (Wildman–Crippen LogP) is 1.84. The van der Waals surface area contributed by atoms with Gasteiger partial charge in [0.2, 0.25) is 0 Å². The lowest BCUT2D eigenvalue weighted by atomic mass is 10.0. The van der Waals surface area contributed by atoms with Gasteiger partial charge in [-0.1, -0.05) is 6.92 Å². The summed E-state index contributed by atoms with van der Waals surface area (Å²) in [5.74, 6) is 0. The maximum Gasteiger partial charge on any atom is 0.0718 e. The Labute approximate surface area is 102 Å². The third kappa shape index (κ3) is 3.87. The van der Waals surface area contributed by atoms with E-state index in [0.717, 1.165) is 6.54 Å². The van der Waals surface area contributed by atoms with Gasteiger partial charge in [-0.3, -0.25) is 4.90 Å². The van der Waals surface area contributed by atoms with Gasteiger partial charge >= 0.3 is 0 Å². The van der Waals surface area contributed by atoms with Gasteiger partial charge in [-0.2, -0.15) is 11.3 Å². The minimum Gasteiger partial charge on any atom is -0.389 e. The molecule has 0 aliphatic heterocycles. The SMILES string of the molecule is CCN(CC(C)(C)O)C(CN)c1ccsc1. The summed E-state index contributed by atoms with van der Waals surface area (Å²) in [6, 6.07) is 2.32. The Bertz CT molecular complexity index is 292. The molecule has 1 heterocycles. The average molecular weight is 242 g/mol. The van der Waals surface area contributed by atoms with Crippen LogP contribution in [0.4, 0.5) is 0 Å². The molecule has 0 fully saturated rings. The molecule has 1 rings (SSSR count). The molecule has 0 radical (unpaired) electrons. The fraction of sp³-hybridized carbons (Fsp3) is 0.667. The standard InChI is InChI=1S/C12H22N2OS/c1-4-14(9-12(2,3)15)11(7-13)10-5-6-16-8-10/h5-6,8,11,15H,4,7,9,13H2,1-3H3. The molecule has 0 bridgehead atoms. The summed E-state index contributed by atoms with van der Waals surface area (Å²) in [5.41, 5.74) is 6.41. The van der Waals surface area contributed by atoms with Gasteiger partial charge in [-0.05, 0) is 42.8 Å². The Kier molecular flexibility index (Phi) is 4.92. The van der Waals surface area contributed by atoms with E-state index in [0.29, 0.717) is 13.1 Å². The molecule has 0 saturated carbocycles. The highest BCUT2D eigenvalue weighted by molar-refractivity contribution is 7.07.